The maximum atomic E-state index is 15.4. The Morgan fingerprint density at radius 2 is 1.05 bits per heavy atom. The van der Waals surface area contributed by atoms with Gasteiger partial charge in [-0.05, 0) is 74.8 Å². The highest BCUT2D eigenvalue weighted by molar-refractivity contribution is 5.99. The first-order valence-electron chi connectivity index (χ1n) is 35.0. The standard InChI is InChI=1S/C73H116N8O13/c1-16-19-20-21-22-23-24-25-26-27-28-35-45-93-58(82)43-42-54-67(86)80(15)63(73(10,11)92)72(91)94-62(51(9)18-3)71(90)79(14)61(49(6)7)66(85)75-55(46-52-37-31-29-32-38-52)68(87)77(12)57(47-53-39-33-30-34-40-53)69(88)81-44-36-41-56(81)64(83)76-59(50(8)17-2)70(89)78(13)60(48(4)5)65(84)74-54/h29-34,37-40,48-51,54-57,59-63,92H,16-28,35-36,41-47H2,1-15H3,(H,74,84)(H,75,85)(H,76,83)/t50-,51-,54+,55+,56+,57+,59+,60+,61+,62-,63-/m1/s1. The number of aliphatic hydroxyl groups is 1. The molecule has 526 valence electrons. The van der Waals surface area contributed by atoms with E-state index in [9.17, 15) is 19.5 Å². The third kappa shape index (κ3) is 23.2. The van der Waals surface area contributed by atoms with Gasteiger partial charge in [-0.15, -0.1) is 0 Å². The van der Waals surface area contributed by atoms with Gasteiger partial charge >= 0.3 is 11.9 Å². The van der Waals surface area contributed by atoms with Crippen molar-refractivity contribution in [1.29, 1.82) is 0 Å². The van der Waals surface area contributed by atoms with Crippen LogP contribution in [0.1, 0.15) is 203 Å². The van der Waals surface area contributed by atoms with Gasteiger partial charge in [-0.2, -0.15) is 0 Å². The van der Waals surface area contributed by atoms with Crippen LogP contribution in [0.3, 0.4) is 0 Å². The van der Waals surface area contributed by atoms with Crippen molar-refractivity contribution < 1.29 is 62.5 Å². The Bertz CT molecular complexity index is 2760. The lowest BCUT2D eigenvalue weighted by atomic mass is 9.94. The highest BCUT2D eigenvalue weighted by Crippen LogP contribution is 2.28. The molecular formula is C73H116N8O13. The molecule has 0 unspecified atom stereocenters. The van der Waals surface area contributed by atoms with Crippen molar-refractivity contribution in [2.75, 3.05) is 41.3 Å². The van der Waals surface area contributed by atoms with Gasteiger partial charge in [0.25, 0.3) is 5.91 Å². The second-order valence-electron chi connectivity index (χ2n) is 27.7. The van der Waals surface area contributed by atoms with Crippen molar-refractivity contribution >= 4 is 59.2 Å². The van der Waals surface area contributed by atoms with Gasteiger partial charge in [-0.3, -0.25) is 43.2 Å². The fourth-order valence-electron chi connectivity index (χ4n) is 13.0. The largest absolute Gasteiger partial charge is 0.466 e. The van der Waals surface area contributed by atoms with E-state index in [1.807, 2.05) is 43.3 Å². The molecule has 4 rings (SSSR count). The second-order valence-corrected chi connectivity index (χ2v) is 27.7. The molecule has 11 atom stereocenters. The molecule has 8 amide bonds. The number of hydrogen-bond donors (Lipinski definition) is 4. The minimum absolute atomic E-state index is 0.0257. The molecule has 0 spiro atoms. The average Bonchev–Trinajstić information content (AvgIpc) is 1.27. The summed E-state index contributed by atoms with van der Waals surface area (Å²) in [6.07, 6.45) is 12.6. The summed E-state index contributed by atoms with van der Waals surface area (Å²) in [6.45, 7) is 19.0. The Labute approximate surface area is 561 Å². The third-order valence-electron chi connectivity index (χ3n) is 19.0. The molecular weight excluding hydrogens is 1200 g/mol. The normalized spacial score (nSPS) is 24.0. The van der Waals surface area contributed by atoms with Gasteiger partial charge in [0, 0.05) is 59.9 Å². The summed E-state index contributed by atoms with van der Waals surface area (Å²) in [5, 5.41) is 20.6. The number of ether oxygens (including phenoxy) is 2. The fraction of sp³-hybridized carbons (Fsp3) is 0.699. The van der Waals surface area contributed by atoms with Crippen LogP contribution in [0.2, 0.25) is 0 Å². The van der Waals surface area contributed by atoms with E-state index in [1.54, 1.807) is 72.7 Å². The van der Waals surface area contributed by atoms with Gasteiger partial charge in [0.1, 0.15) is 42.3 Å². The van der Waals surface area contributed by atoms with Gasteiger partial charge in [0.2, 0.25) is 41.4 Å². The van der Waals surface area contributed by atoms with Crippen molar-refractivity contribution in [1.82, 2.24) is 40.4 Å². The lowest BCUT2D eigenvalue weighted by molar-refractivity contribution is -0.177. The smallest absolute Gasteiger partial charge is 0.332 e. The van der Waals surface area contributed by atoms with Gasteiger partial charge in [0.05, 0.1) is 12.2 Å². The number of amides is 8. The number of esters is 2. The minimum Gasteiger partial charge on any atom is -0.466 e. The monoisotopic (exact) mass is 1310 g/mol. The molecule has 0 aromatic heterocycles. The predicted molar refractivity (Wildman–Crippen MR) is 363 cm³/mol. The first kappa shape index (κ1) is 79.5. The molecule has 21 nitrogen and oxygen atoms in total. The molecule has 2 fully saturated rings. The molecule has 0 radical (unpaired) electrons. The number of nitrogens with one attached hydrogen (secondary N) is 3. The number of unbranched alkanes of at least 4 members (excludes halogenated alkanes) is 11. The predicted octanol–water partition coefficient (Wildman–Crippen LogP) is 8.35. The third-order valence-corrected chi connectivity index (χ3v) is 19.0. The zero-order chi connectivity index (χ0) is 70.0. The van der Waals surface area contributed by atoms with Gasteiger partial charge in [-0.1, -0.05) is 200 Å². The highest BCUT2D eigenvalue weighted by atomic mass is 16.6. The number of fused-ring (bicyclic) bond motifs is 1. The number of cyclic esters (lactones) is 1. The first-order valence-corrected chi connectivity index (χ1v) is 35.0. The Hall–Kier alpha value is -6.90. The molecule has 21 heteroatoms. The molecule has 2 aliphatic rings. The summed E-state index contributed by atoms with van der Waals surface area (Å²) in [4.78, 5) is 156. The van der Waals surface area contributed by atoms with Gasteiger partial charge in [0.15, 0.2) is 12.1 Å². The van der Waals surface area contributed by atoms with Crippen LogP contribution in [0.4, 0.5) is 0 Å². The zero-order valence-electron chi connectivity index (χ0n) is 59.4. The number of nitrogens with zero attached hydrogens (tertiary/aromatic N) is 5. The molecule has 2 heterocycles. The maximum absolute atomic E-state index is 15.4. The van der Waals surface area contributed by atoms with E-state index in [1.165, 1.54) is 107 Å². The van der Waals surface area contributed by atoms with E-state index in [4.69, 9.17) is 9.47 Å². The number of benzene rings is 2. The average molecular weight is 1310 g/mol. The van der Waals surface area contributed by atoms with Crippen molar-refractivity contribution in [2.45, 2.75) is 265 Å². The van der Waals surface area contributed by atoms with Gasteiger partial charge < -0.3 is 55.0 Å². The van der Waals surface area contributed by atoms with Crippen LogP contribution in [0.5, 0.6) is 0 Å². The number of rotatable bonds is 27. The Morgan fingerprint density at radius 1 is 0.574 bits per heavy atom. The van der Waals surface area contributed by atoms with E-state index in [-0.39, 0.29) is 45.3 Å². The lowest BCUT2D eigenvalue weighted by Gasteiger charge is -2.39. The summed E-state index contributed by atoms with van der Waals surface area (Å²) in [5.74, 6) is -9.90. The molecule has 4 N–H and O–H groups in total. The topological polar surface area (TPSA) is 262 Å². The molecule has 0 aliphatic carbocycles. The van der Waals surface area contributed by atoms with Crippen molar-refractivity contribution in [2.24, 2.45) is 23.7 Å². The number of hydrogen-bond acceptors (Lipinski definition) is 13. The first-order chi connectivity index (χ1) is 44.5. The molecule has 2 aliphatic heterocycles. The summed E-state index contributed by atoms with van der Waals surface area (Å²) >= 11 is 0. The Kier molecular flexibility index (Phi) is 33.2. The Morgan fingerprint density at radius 3 is 1.55 bits per heavy atom. The summed E-state index contributed by atoms with van der Waals surface area (Å²) in [6, 6.07) is 7.31. The minimum atomic E-state index is -2.07. The molecule has 2 aromatic carbocycles. The SMILES string of the molecule is CCCCCCCCCCCCCCOC(=O)CC[C@@H]1NC(=O)[C@H](C(C)C)N(C)C(=O)[C@H]([C@H](C)CC)NC(=O)[C@@H]2CCCN2C(=O)[C@H](Cc2ccccc2)N(C)C(=O)[C@H](Cc2ccccc2)NC(=O)[C@H](C(C)C)N(C)C(=O)[C@@H]([C@H](C)CC)OC(=O)[C@H](C(C)(C)O)N(C)C1=O. The molecule has 0 bridgehead atoms. The van der Waals surface area contributed by atoms with E-state index in [2.05, 4.69) is 22.9 Å². The summed E-state index contributed by atoms with van der Waals surface area (Å²) < 4.78 is 11.8. The van der Waals surface area contributed by atoms with Crippen LogP contribution in [0.25, 0.3) is 0 Å². The van der Waals surface area contributed by atoms with Crippen LogP contribution in [-0.4, -0.2) is 190 Å². The van der Waals surface area contributed by atoms with E-state index >= 15 is 33.6 Å². The molecule has 2 aromatic rings. The second kappa shape index (κ2) is 39.2. The van der Waals surface area contributed by atoms with E-state index in [0.717, 1.165) is 30.6 Å². The summed E-state index contributed by atoms with van der Waals surface area (Å²) in [7, 11) is 5.55. The number of carbonyl (C=O) groups excluding carboxylic acids is 10. The Balaban J connectivity index is 1.85. The molecule has 94 heavy (non-hydrogen) atoms. The van der Waals surface area contributed by atoms with Crippen LogP contribution >= 0.6 is 0 Å². The zero-order valence-corrected chi connectivity index (χ0v) is 59.4. The highest BCUT2D eigenvalue weighted by Gasteiger charge is 2.48. The van der Waals surface area contributed by atoms with Crippen molar-refractivity contribution in [3.05, 3.63) is 71.8 Å². The number of likely N-dealkylation sites (N-methyl/N-ethyl adjacent to an activating group) is 4. The van der Waals surface area contributed by atoms with Crippen LogP contribution in [-0.2, 0) is 70.3 Å². The van der Waals surface area contributed by atoms with Crippen LogP contribution < -0.4 is 16.0 Å². The van der Waals surface area contributed by atoms with Crippen LogP contribution in [0.15, 0.2) is 60.7 Å². The van der Waals surface area contributed by atoms with Crippen molar-refractivity contribution in [3.8, 4) is 0 Å². The quantitative estimate of drug-likeness (QED) is 0.0485. The van der Waals surface area contributed by atoms with E-state index in [0.29, 0.717) is 36.8 Å². The number of carbonyl (C=O) groups is 10. The fourth-order valence-corrected chi connectivity index (χ4v) is 13.0. The molecule has 0 saturated carbocycles. The lowest BCUT2D eigenvalue weighted by Crippen LogP contribution is -2.63. The molecule has 2 saturated heterocycles. The van der Waals surface area contributed by atoms with Gasteiger partial charge in [-0.25, -0.2) is 4.79 Å². The maximum Gasteiger partial charge on any atom is 0.332 e. The van der Waals surface area contributed by atoms with Crippen molar-refractivity contribution in [3.63, 3.8) is 0 Å². The van der Waals surface area contributed by atoms with Crippen LogP contribution in [0, 0.1) is 23.7 Å². The van der Waals surface area contributed by atoms with E-state index < -0.39 is 143 Å². The summed E-state index contributed by atoms with van der Waals surface area (Å²) in [5.41, 5.74) is -0.684.